The third kappa shape index (κ3) is 3.35. The summed E-state index contributed by atoms with van der Waals surface area (Å²) in [6.07, 6.45) is 4.83. The van der Waals surface area contributed by atoms with E-state index >= 15 is 0 Å². The van der Waals surface area contributed by atoms with Gasteiger partial charge in [0, 0.05) is 30.9 Å². The lowest BCUT2D eigenvalue weighted by Gasteiger charge is -2.28. The molecule has 0 saturated carbocycles. The van der Waals surface area contributed by atoms with Gasteiger partial charge < -0.3 is 15.5 Å². The lowest BCUT2D eigenvalue weighted by atomic mass is 10.1. The van der Waals surface area contributed by atoms with Crippen LogP contribution in [-0.4, -0.2) is 30.9 Å². The fraction of sp³-hybridized carbons (Fsp3) is 0.500. The van der Waals surface area contributed by atoms with Gasteiger partial charge >= 0.3 is 0 Å². The zero-order valence-corrected chi connectivity index (χ0v) is 12.1. The molecular formula is C16H21N3O2. The summed E-state index contributed by atoms with van der Waals surface area (Å²) in [5, 5.41) is 5.54. The summed E-state index contributed by atoms with van der Waals surface area (Å²) >= 11 is 0. The molecule has 0 radical (unpaired) electrons. The fourth-order valence-corrected chi connectivity index (χ4v) is 2.95. The maximum absolute atomic E-state index is 12.0. The zero-order valence-electron chi connectivity index (χ0n) is 12.1. The Labute approximate surface area is 124 Å². The monoisotopic (exact) mass is 287 g/mol. The van der Waals surface area contributed by atoms with Crippen LogP contribution >= 0.6 is 0 Å². The van der Waals surface area contributed by atoms with Crippen molar-refractivity contribution in [1.29, 1.82) is 0 Å². The second-order valence-corrected chi connectivity index (χ2v) is 5.74. The standard InChI is InChI=1S/C16H21N3O2/c20-15-9-8-14(18-15)16(21)17-12-4-6-13(7-5-12)19-10-2-1-3-11-19/h4-7,14H,1-3,8-11H2,(H,17,21)(H,18,20). The van der Waals surface area contributed by atoms with E-state index in [0.29, 0.717) is 12.8 Å². The predicted octanol–water partition coefficient (Wildman–Crippen LogP) is 1.89. The van der Waals surface area contributed by atoms with Crippen molar-refractivity contribution >= 4 is 23.2 Å². The van der Waals surface area contributed by atoms with Crippen LogP contribution in [0, 0.1) is 0 Å². The number of hydrogen-bond acceptors (Lipinski definition) is 3. The van der Waals surface area contributed by atoms with E-state index in [1.165, 1.54) is 24.9 Å². The zero-order chi connectivity index (χ0) is 14.7. The van der Waals surface area contributed by atoms with Crippen LogP contribution in [0.4, 0.5) is 11.4 Å². The molecule has 112 valence electrons. The van der Waals surface area contributed by atoms with Crippen molar-refractivity contribution in [3.05, 3.63) is 24.3 Å². The lowest BCUT2D eigenvalue weighted by molar-refractivity contribution is -0.122. The van der Waals surface area contributed by atoms with Crippen LogP contribution in [0.2, 0.25) is 0 Å². The van der Waals surface area contributed by atoms with Crippen molar-refractivity contribution in [1.82, 2.24) is 5.32 Å². The molecular weight excluding hydrogens is 266 g/mol. The average Bonchev–Trinajstić information content (AvgIpc) is 2.96. The highest BCUT2D eigenvalue weighted by atomic mass is 16.2. The van der Waals surface area contributed by atoms with Crippen LogP contribution in [0.5, 0.6) is 0 Å². The van der Waals surface area contributed by atoms with Crippen molar-refractivity contribution in [2.45, 2.75) is 38.1 Å². The Balaban J connectivity index is 1.59. The molecule has 2 N–H and O–H groups in total. The molecule has 2 heterocycles. The van der Waals surface area contributed by atoms with E-state index < -0.39 is 0 Å². The summed E-state index contributed by atoms with van der Waals surface area (Å²) < 4.78 is 0. The molecule has 2 amide bonds. The third-order valence-corrected chi connectivity index (χ3v) is 4.17. The van der Waals surface area contributed by atoms with Gasteiger partial charge in [-0.2, -0.15) is 0 Å². The molecule has 0 aliphatic carbocycles. The minimum Gasteiger partial charge on any atom is -0.372 e. The van der Waals surface area contributed by atoms with Gasteiger partial charge in [-0.25, -0.2) is 0 Å². The Hall–Kier alpha value is -2.04. The molecule has 2 fully saturated rings. The number of rotatable bonds is 3. The fourth-order valence-electron chi connectivity index (χ4n) is 2.95. The molecule has 3 rings (SSSR count). The van der Waals surface area contributed by atoms with Crippen LogP contribution < -0.4 is 15.5 Å². The third-order valence-electron chi connectivity index (χ3n) is 4.17. The number of carbonyl (C=O) groups is 2. The minimum absolute atomic E-state index is 0.0457. The molecule has 1 aromatic rings. The van der Waals surface area contributed by atoms with Crippen molar-refractivity contribution in [2.24, 2.45) is 0 Å². The smallest absolute Gasteiger partial charge is 0.246 e. The van der Waals surface area contributed by atoms with Crippen molar-refractivity contribution in [3.63, 3.8) is 0 Å². The summed E-state index contributed by atoms with van der Waals surface area (Å²) in [5.41, 5.74) is 1.99. The molecule has 5 heteroatoms. The number of nitrogens with zero attached hydrogens (tertiary/aromatic N) is 1. The Bertz CT molecular complexity index is 521. The van der Waals surface area contributed by atoms with Crippen molar-refractivity contribution < 1.29 is 9.59 Å². The molecule has 1 unspecified atom stereocenters. The molecule has 21 heavy (non-hydrogen) atoms. The van der Waals surface area contributed by atoms with Gasteiger partial charge in [0.15, 0.2) is 0 Å². The van der Waals surface area contributed by atoms with Gasteiger partial charge in [0.1, 0.15) is 6.04 Å². The maximum Gasteiger partial charge on any atom is 0.246 e. The van der Waals surface area contributed by atoms with E-state index in [0.717, 1.165) is 18.8 Å². The molecule has 2 aliphatic rings. The molecule has 1 atom stereocenters. The van der Waals surface area contributed by atoms with Gasteiger partial charge in [-0.1, -0.05) is 0 Å². The van der Waals surface area contributed by atoms with E-state index in [9.17, 15) is 9.59 Å². The molecule has 2 aliphatic heterocycles. The predicted molar refractivity (Wildman–Crippen MR) is 82.3 cm³/mol. The number of hydrogen-bond donors (Lipinski definition) is 2. The summed E-state index contributed by atoms with van der Waals surface area (Å²) in [6, 6.07) is 7.57. The summed E-state index contributed by atoms with van der Waals surface area (Å²) in [5.74, 6) is -0.179. The highest BCUT2D eigenvalue weighted by Gasteiger charge is 2.27. The topological polar surface area (TPSA) is 61.4 Å². The molecule has 5 nitrogen and oxygen atoms in total. The van der Waals surface area contributed by atoms with E-state index in [2.05, 4.69) is 15.5 Å². The first-order chi connectivity index (χ1) is 10.2. The van der Waals surface area contributed by atoms with Crippen molar-refractivity contribution in [2.75, 3.05) is 23.3 Å². The Kier molecular flexibility index (Phi) is 4.08. The average molecular weight is 287 g/mol. The van der Waals surface area contributed by atoms with Crippen LogP contribution in [0.1, 0.15) is 32.1 Å². The van der Waals surface area contributed by atoms with E-state index in [1.807, 2.05) is 24.3 Å². The molecule has 0 spiro atoms. The lowest BCUT2D eigenvalue weighted by Crippen LogP contribution is -2.37. The highest BCUT2D eigenvalue weighted by Crippen LogP contribution is 2.22. The van der Waals surface area contributed by atoms with Crippen LogP contribution in [-0.2, 0) is 9.59 Å². The normalized spacial score (nSPS) is 22.0. The summed E-state index contributed by atoms with van der Waals surface area (Å²) in [7, 11) is 0. The summed E-state index contributed by atoms with van der Waals surface area (Å²) in [6.45, 7) is 2.22. The largest absolute Gasteiger partial charge is 0.372 e. The first kappa shape index (κ1) is 13.9. The first-order valence-corrected chi connectivity index (χ1v) is 7.67. The number of amides is 2. The number of anilines is 2. The quantitative estimate of drug-likeness (QED) is 0.892. The van der Waals surface area contributed by atoms with Crippen LogP contribution in [0.25, 0.3) is 0 Å². The minimum atomic E-state index is -0.390. The highest BCUT2D eigenvalue weighted by molar-refractivity contribution is 5.99. The molecule has 0 aromatic heterocycles. The molecule has 1 aromatic carbocycles. The van der Waals surface area contributed by atoms with Crippen molar-refractivity contribution in [3.8, 4) is 0 Å². The first-order valence-electron chi connectivity index (χ1n) is 7.67. The second-order valence-electron chi connectivity index (χ2n) is 5.74. The Morgan fingerprint density at radius 1 is 1.14 bits per heavy atom. The molecule has 2 saturated heterocycles. The Morgan fingerprint density at radius 2 is 1.86 bits per heavy atom. The van der Waals surface area contributed by atoms with E-state index in [1.54, 1.807) is 0 Å². The van der Waals surface area contributed by atoms with Gasteiger partial charge in [-0.15, -0.1) is 0 Å². The van der Waals surface area contributed by atoms with Gasteiger partial charge in [0.2, 0.25) is 11.8 Å². The SMILES string of the molecule is O=C1CCC(C(=O)Nc2ccc(N3CCCCC3)cc2)N1. The van der Waals surface area contributed by atoms with E-state index in [-0.39, 0.29) is 17.9 Å². The Morgan fingerprint density at radius 3 is 2.48 bits per heavy atom. The number of benzene rings is 1. The van der Waals surface area contributed by atoms with Crippen LogP contribution in [0.15, 0.2) is 24.3 Å². The van der Waals surface area contributed by atoms with Gasteiger partial charge in [-0.05, 0) is 49.9 Å². The van der Waals surface area contributed by atoms with Gasteiger partial charge in [0.05, 0.1) is 0 Å². The second kappa shape index (κ2) is 6.16. The van der Waals surface area contributed by atoms with Crippen LogP contribution in [0.3, 0.4) is 0 Å². The number of carbonyl (C=O) groups excluding carboxylic acids is 2. The number of piperidine rings is 1. The van der Waals surface area contributed by atoms with Gasteiger partial charge in [-0.3, -0.25) is 9.59 Å². The van der Waals surface area contributed by atoms with E-state index in [4.69, 9.17) is 0 Å². The maximum atomic E-state index is 12.0. The number of nitrogens with one attached hydrogen (secondary N) is 2. The summed E-state index contributed by atoms with van der Waals surface area (Å²) in [4.78, 5) is 25.5. The molecule has 0 bridgehead atoms. The van der Waals surface area contributed by atoms with Gasteiger partial charge in [0.25, 0.3) is 0 Å².